The smallest absolute Gasteiger partial charge is 0.420 e. The molecule has 1 aliphatic rings. The number of aromatic nitrogens is 7. The summed E-state index contributed by atoms with van der Waals surface area (Å²) in [6.45, 7) is -1.08. The predicted octanol–water partition coefficient (Wildman–Crippen LogP) is 6.04. The number of pyridine rings is 1. The molecule has 0 spiro atoms. The van der Waals surface area contributed by atoms with Gasteiger partial charge in [-0.3, -0.25) is 9.58 Å². The maximum absolute atomic E-state index is 13.7. The number of alkyl halides is 5. The number of ether oxygens (including phenoxy) is 2. The van der Waals surface area contributed by atoms with Crippen molar-refractivity contribution in [1.82, 2.24) is 34.7 Å². The molecule has 12 nitrogen and oxygen atoms in total. The van der Waals surface area contributed by atoms with Gasteiger partial charge in [-0.2, -0.15) is 18.3 Å². The molecule has 1 N–H and O–H groups in total. The predicted molar refractivity (Wildman–Crippen MR) is 156 cm³/mol. The van der Waals surface area contributed by atoms with Gasteiger partial charge in [0, 0.05) is 61.2 Å². The number of carbonyl (C=O) groups is 1. The van der Waals surface area contributed by atoms with Crippen LogP contribution in [0.5, 0.6) is 6.01 Å². The second-order valence-electron chi connectivity index (χ2n) is 10.3. The zero-order valence-corrected chi connectivity index (χ0v) is 25.1. The van der Waals surface area contributed by atoms with Crippen LogP contribution in [0.1, 0.15) is 31.2 Å². The molecule has 244 valence electrons. The molecule has 0 unspecified atom stereocenters. The molecule has 5 rings (SSSR count). The Morgan fingerprint density at radius 3 is 2.30 bits per heavy atom. The summed E-state index contributed by atoms with van der Waals surface area (Å²) in [5.41, 5.74) is -0.409. The molecule has 0 bridgehead atoms. The SMILES string of the molecule is COc1ncc(-c2ccc(N(C(=O)OCC(F)F)C3CCC(Nc4ncc(C(F)(F)F)c(-c5nn(C)cc5Cl)n4)CC3)nc2)cn1. The van der Waals surface area contributed by atoms with Crippen LogP contribution in [-0.2, 0) is 18.0 Å². The molecule has 1 aliphatic carbocycles. The van der Waals surface area contributed by atoms with Gasteiger partial charge in [-0.05, 0) is 37.8 Å². The Morgan fingerprint density at radius 2 is 1.74 bits per heavy atom. The number of amides is 1. The van der Waals surface area contributed by atoms with Crippen molar-refractivity contribution >= 4 is 29.5 Å². The van der Waals surface area contributed by atoms with Crippen molar-refractivity contribution in [1.29, 1.82) is 0 Å². The molecule has 4 aromatic rings. The molecule has 1 saturated carbocycles. The van der Waals surface area contributed by atoms with Crippen LogP contribution >= 0.6 is 11.6 Å². The maximum atomic E-state index is 13.7. The zero-order valence-electron chi connectivity index (χ0n) is 24.4. The third-order valence-corrected chi connectivity index (χ3v) is 7.44. The fraction of sp³-hybridized carbons (Fsp3) is 0.393. The number of aryl methyl sites for hydroxylation is 1. The number of methoxy groups -OCH3 is 1. The molecule has 0 aliphatic heterocycles. The van der Waals surface area contributed by atoms with E-state index in [4.69, 9.17) is 21.1 Å². The van der Waals surface area contributed by atoms with Crippen molar-refractivity contribution in [3.8, 4) is 28.5 Å². The van der Waals surface area contributed by atoms with Crippen LogP contribution < -0.4 is 15.0 Å². The van der Waals surface area contributed by atoms with Crippen LogP contribution in [-0.4, -0.2) is 73.0 Å². The Kier molecular flexibility index (Phi) is 9.79. The summed E-state index contributed by atoms with van der Waals surface area (Å²) in [7, 11) is 2.96. The summed E-state index contributed by atoms with van der Waals surface area (Å²) < 4.78 is 78.1. The van der Waals surface area contributed by atoms with Gasteiger partial charge in [0.15, 0.2) is 6.61 Å². The Labute approximate surface area is 264 Å². The van der Waals surface area contributed by atoms with E-state index in [-0.39, 0.29) is 34.5 Å². The van der Waals surface area contributed by atoms with E-state index >= 15 is 0 Å². The lowest BCUT2D eigenvalue weighted by molar-refractivity contribution is -0.137. The highest BCUT2D eigenvalue weighted by Crippen LogP contribution is 2.38. The summed E-state index contributed by atoms with van der Waals surface area (Å²) in [4.78, 5) is 34.7. The first-order valence-corrected chi connectivity index (χ1v) is 14.3. The third kappa shape index (κ3) is 7.58. The van der Waals surface area contributed by atoms with Crippen LogP contribution in [0.4, 0.5) is 38.5 Å². The van der Waals surface area contributed by atoms with Gasteiger partial charge in [-0.15, -0.1) is 0 Å². The van der Waals surface area contributed by atoms with Gasteiger partial charge in [0.1, 0.15) is 22.8 Å². The molecule has 4 heterocycles. The van der Waals surface area contributed by atoms with Crippen LogP contribution in [0.15, 0.2) is 43.1 Å². The number of hydrogen-bond acceptors (Lipinski definition) is 10. The van der Waals surface area contributed by atoms with E-state index in [1.54, 1.807) is 24.5 Å². The molecular weight excluding hydrogens is 641 g/mol. The monoisotopic (exact) mass is 667 g/mol. The molecule has 0 atom stereocenters. The summed E-state index contributed by atoms with van der Waals surface area (Å²) in [5, 5.41) is 7.08. The molecule has 1 fully saturated rings. The highest BCUT2D eigenvalue weighted by Gasteiger charge is 2.37. The summed E-state index contributed by atoms with van der Waals surface area (Å²) in [6, 6.07) is 2.69. The van der Waals surface area contributed by atoms with E-state index in [0.717, 1.165) is 0 Å². The second kappa shape index (κ2) is 13.8. The molecule has 1 amide bonds. The van der Waals surface area contributed by atoms with Gasteiger partial charge in [-0.1, -0.05) is 11.6 Å². The first kappa shape index (κ1) is 32.7. The number of halogens is 6. The number of carbonyl (C=O) groups excluding carboxylic acids is 1. The van der Waals surface area contributed by atoms with Crippen molar-refractivity contribution in [3.05, 3.63) is 53.7 Å². The van der Waals surface area contributed by atoms with Gasteiger partial charge in [-0.25, -0.2) is 38.5 Å². The molecular formula is C28H27ClF5N9O3. The lowest BCUT2D eigenvalue weighted by Gasteiger charge is -2.36. The fourth-order valence-electron chi connectivity index (χ4n) is 5.02. The fourth-order valence-corrected chi connectivity index (χ4v) is 5.29. The van der Waals surface area contributed by atoms with E-state index < -0.39 is 42.6 Å². The Hall–Kier alpha value is -4.67. The van der Waals surface area contributed by atoms with Crippen molar-refractivity contribution in [2.45, 2.75) is 50.4 Å². The Morgan fingerprint density at radius 1 is 1.04 bits per heavy atom. The minimum Gasteiger partial charge on any atom is -0.467 e. The van der Waals surface area contributed by atoms with E-state index in [9.17, 15) is 26.7 Å². The molecule has 0 saturated heterocycles. The average molecular weight is 668 g/mol. The number of anilines is 2. The molecule has 46 heavy (non-hydrogen) atoms. The van der Waals surface area contributed by atoms with Crippen molar-refractivity contribution in [3.63, 3.8) is 0 Å². The van der Waals surface area contributed by atoms with Crippen LogP contribution in [0.2, 0.25) is 5.02 Å². The standard InChI is InChI=1S/C28H27ClF5N9O3/c1-42-13-20(29)24(41-42)23-19(28(32,33)34)12-36-25(40-23)39-17-4-6-18(7-5-17)43(27(44)46-14-21(30)31)22-8-3-15(9-35-22)16-10-37-26(45-2)38-11-16/h3,8-13,17-18,21H,4-7,14H2,1-2H3,(H,36,39,40). The first-order valence-electron chi connectivity index (χ1n) is 13.9. The number of rotatable bonds is 9. The number of nitrogens with one attached hydrogen (secondary N) is 1. The highest BCUT2D eigenvalue weighted by molar-refractivity contribution is 6.32. The van der Waals surface area contributed by atoms with E-state index in [2.05, 4.69) is 35.3 Å². The van der Waals surface area contributed by atoms with Crippen molar-refractivity contribution in [2.24, 2.45) is 7.05 Å². The molecule has 18 heteroatoms. The number of hydrogen-bond donors (Lipinski definition) is 1. The van der Waals surface area contributed by atoms with Crippen molar-refractivity contribution in [2.75, 3.05) is 23.9 Å². The van der Waals surface area contributed by atoms with E-state index in [0.29, 0.717) is 43.0 Å². The third-order valence-electron chi connectivity index (χ3n) is 7.17. The highest BCUT2D eigenvalue weighted by atomic mass is 35.5. The van der Waals surface area contributed by atoms with Gasteiger partial charge >= 0.3 is 18.3 Å². The molecule has 4 aromatic heterocycles. The summed E-state index contributed by atoms with van der Waals surface area (Å²) in [6.07, 6.45) is -0.315. The van der Waals surface area contributed by atoms with Gasteiger partial charge in [0.25, 0.3) is 6.43 Å². The summed E-state index contributed by atoms with van der Waals surface area (Å²) >= 11 is 6.13. The average Bonchev–Trinajstić information content (AvgIpc) is 3.38. The lowest BCUT2D eigenvalue weighted by Crippen LogP contribution is -2.45. The van der Waals surface area contributed by atoms with E-state index in [1.807, 2.05) is 0 Å². The van der Waals surface area contributed by atoms with Crippen LogP contribution in [0.3, 0.4) is 0 Å². The lowest BCUT2D eigenvalue weighted by atomic mass is 9.90. The zero-order chi connectivity index (χ0) is 33.0. The van der Waals surface area contributed by atoms with Crippen molar-refractivity contribution < 1.29 is 36.2 Å². The minimum absolute atomic E-state index is 0.00375. The maximum Gasteiger partial charge on any atom is 0.420 e. The molecule has 0 radical (unpaired) electrons. The second-order valence-corrected chi connectivity index (χ2v) is 10.7. The Bertz CT molecular complexity index is 1650. The van der Waals surface area contributed by atoms with Gasteiger partial charge in [0.2, 0.25) is 5.95 Å². The topological polar surface area (TPSA) is 133 Å². The summed E-state index contributed by atoms with van der Waals surface area (Å²) in [5.74, 6) is 0.137. The van der Waals surface area contributed by atoms with Gasteiger partial charge < -0.3 is 14.8 Å². The quantitative estimate of drug-likeness (QED) is 0.211. The largest absolute Gasteiger partial charge is 0.467 e. The van der Waals surface area contributed by atoms with Gasteiger partial charge in [0.05, 0.1) is 12.1 Å². The normalized spacial score (nSPS) is 16.7. The molecule has 0 aromatic carbocycles. The van der Waals surface area contributed by atoms with Crippen LogP contribution in [0, 0.1) is 0 Å². The number of nitrogens with zero attached hydrogens (tertiary/aromatic N) is 8. The first-order chi connectivity index (χ1) is 21.9. The van der Waals surface area contributed by atoms with E-state index in [1.165, 1.54) is 36.1 Å². The Balaban J connectivity index is 1.32. The van der Waals surface area contributed by atoms with Crippen LogP contribution in [0.25, 0.3) is 22.5 Å². The minimum atomic E-state index is -4.75.